The van der Waals surface area contributed by atoms with Crippen molar-refractivity contribution < 1.29 is 89.4 Å². The van der Waals surface area contributed by atoms with Crippen LogP contribution >= 0.6 is 0 Å². The molecule has 17 unspecified atom stereocenters. The lowest BCUT2D eigenvalue weighted by Gasteiger charge is -2.48. The summed E-state index contributed by atoms with van der Waals surface area (Å²) in [5, 5.41) is 121. The van der Waals surface area contributed by atoms with Gasteiger partial charge in [0.1, 0.15) is 73.2 Å². The molecule has 3 saturated heterocycles. The number of carbonyl (C=O) groups excluding carboxylic acids is 1. The van der Waals surface area contributed by atoms with E-state index in [1.165, 1.54) is 83.5 Å². The fourth-order valence-corrected chi connectivity index (χ4v) is 11.5. The minimum absolute atomic E-state index is 0.215. The maximum Gasteiger partial charge on any atom is 0.220 e. The molecule has 0 aliphatic carbocycles. The second-order valence-electron chi connectivity index (χ2n) is 25.3. The van der Waals surface area contributed by atoms with Crippen LogP contribution in [0.1, 0.15) is 226 Å². The third-order valence-electron chi connectivity index (χ3n) is 17.3. The number of hydrogen-bond donors (Lipinski definition) is 12. The first-order chi connectivity index (χ1) is 45.8. The molecule has 19 heteroatoms. The number of aliphatic hydroxyl groups is 11. The fourth-order valence-electron chi connectivity index (χ4n) is 11.5. The van der Waals surface area contributed by atoms with E-state index < -0.39 is 124 Å². The molecular formula is C75H127NO18. The summed E-state index contributed by atoms with van der Waals surface area (Å²) < 4.78 is 34.3. The topological polar surface area (TPSA) is 307 Å². The van der Waals surface area contributed by atoms with Crippen LogP contribution in [0.5, 0.6) is 0 Å². The van der Waals surface area contributed by atoms with Crippen LogP contribution in [0, 0.1) is 0 Å². The van der Waals surface area contributed by atoms with Gasteiger partial charge in [-0.1, -0.05) is 232 Å². The highest BCUT2D eigenvalue weighted by Gasteiger charge is 2.53. The Balaban J connectivity index is 1.45. The number of ether oxygens (including phenoxy) is 6. The number of allylic oxidation sites excluding steroid dienone is 17. The molecule has 12 N–H and O–H groups in total. The Morgan fingerprint density at radius 3 is 1.19 bits per heavy atom. The number of rotatable bonds is 54. The van der Waals surface area contributed by atoms with Gasteiger partial charge in [0.2, 0.25) is 5.91 Å². The zero-order chi connectivity index (χ0) is 68.2. The van der Waals surface area contributed by atoms with Crippen molar-refractivity contribution in [2.24, 2.45) is 0 Å². The summed E-state index contributed by atoms with van der Waals surface area (Å²) in [6, 6.07) is -1.01. The summed E-state index contributed by atoms with van der Waals surface area (Å²) >= 11 is 0. The van der Waals surface area contributed by atoms with Gasteiger partial charge in [-0.3, -0.25) is 4.79 Å². The lowest BCUT2D eigenvalue weighted by atomic mass is 9.96. The Kier molecular flexibility index (Phi) is 49.9. The lowest BCUT2D eigenvalue weighted by molar-refractivity contribution is -0.379. The number of hydrogen-bond acceptors (Lipinski definition) is 18. The predicted octanol–water partition coefficient (Wildman–Crippen LogP) is 10.2. The van der Waals surface area contributed by atoms with Gasteiger partial charge in [-0.15, -0.1) is 0 Å². The molecule has 0 spiro atoms. The number of carbonyl (C=O) groups is 1. The molecule has 94 heavy (non-hydrogen) atoms. The zero-order valence-corrected chi connectivity index (χ0v) is 57.1. The van der Waals surface area contributed by atoms with Crippen molar-refractivity contribution in [3.8, 4) is 0 Å². The molecule has 17 atom stereocenters. The number of aliphatic hydroxyl groups excluding tert-OH is 11. The molecule has 3 aliphatic heterocycles. The second-order valence-corrected chi connectivity index (χ2v) is 25.3. The first kappa shape index (κ1) is 84.7. The van der Waals surface area contributed by atoms with Gasteiger partial charge in [0.15, 0.2) is 18.9 Å². The molecule has 0 aromatic carbocycles. The molecule has 0 bridgehead atoms. The highest BCUT2D eigenvalue weighted by molar-refractivity contribution is 5.76. The van der Waals surface area contributed by atoms with Crippen molar-refractivity contribution in [2.75, 3.05) is 26.4 Å². The van der Waals surface area contributed by atoms with Crippen LogP contribution in [0.4, 0.5) is 0 Å². The largest absolute Gasteiger partial charge is 0.394 e. The maximum atomic E-state index is 13.4. The van der Waals surface area contributed by atoms with Crippen molar-refractivity contribution in [3.05, 3.63) is 109 Å². The SMILES string of the molecule is CC/C=C\C/C=C\C/C=C\C/C=C\C/C=C\C/C=C\CCCCCCCCCCC(=O)NC(COC1OC(CO)C(OC2OC(CO)C(OC3OC(CO)C(O)C(O)C3O)C(O)C2O)C(O)C1O)C(O)/C=C/CC/C=C/CC/C=C/CCCCCCCCCCCCCC. The van der Waals surface area contributed by atoms with E-state index in [0.717, 1.165) is 109 Å². The molecule has 0 aromatic rings. The van der Waals surface area contributed by atoms with E-state index in [-0.39, 0.29) is 18.9 Å². The van der Waals surface area contributed by atoms with Gasteiger partial charge in [-0.25, -0.2) is 0 Å². The first-order valence-corrected chi connectivity index (χ1v) is 36.1. The van der Waals surface area contributed by atoms with Crippen LogP contribution in [-0.2, 0) is 33.2 Å². The van der Waals surface area contributed by atoms with Gasteiger partial charge in [0.25, 0.3) is 0 Å². The zero-order valence-electron chi connectivity index (χ0n) is 57.1. The molecule has 3 rings (SSSR count). The molecule has 0 saturated carbocycles. The normalized spacial score (nSPS) is 28.0. The van der Waals surface area contributed by atoms with Crippen LogP contribution in [0.3, 0.4) is 0 Å². The number of nitrogens with one attached hydrogen (secondary N) is 1. The summed E-state index contributed by atoms with van der Waals surface area (Å²) in [5.74, 6) is -0.302. The van der Waals surface area contributed by atoms with Crippen molar-refractivity contribution >= 4 is 5.91 Å². The predicted molar refractivity (Wildman–Crippen MR) is 369 cm³/mol. The summed E-state index contributed by atoms with van der Waals surface area (Å²) in [6.07, 6.45) is 47.7. The second kappa shape index (κ2) is 55.3. The molecule has 540 valence electrons. The van der Waals surface area contributed by atoms with Crippen LogP contribution in [0.15, 0.2) is 109 Å². The molecule has 0 radical (unpaired) electrons. The standard InChI is InChI=1S/C75H127NO18/c1-3-5-7-9-11-13-15-17-19-21-23-25-27-28-29-30-31-33-35-37-39-41-43-45-47-49-51-53-63(81)76-58(59(80)52-50-48-46-44-42-40-38-36-34-32-26-24-22-20-18-16-14-12-10-8-6-4-2)57-89-73-69(87)66(84)71(61(55-78)91-73)94-75-70(88)67(85)72(62(56-79)92-75)93-74-68(86)65(83)64(82)60(54-77)90-74/h5,7,11,13,17,19,23,25,28-29,31,33-34,36,42,44,50,52,58-62,64-75,77-80,82-88H,3-4,6,8-10,12,14-16,18,20-22,24,26-27,30,32,35,37-41,43,45-49,51,53-57H2,1-2H3,(H,76,81)/b7-5-,13-11-,19-17-,25-23-,29-28-,33-31-,36-34+,44-42+,52-50+. The van der Waals surface area contributed by atoms with Crippen molar-refractivity contribution in [2.45, 2.75) is 330 Å². The van der Waals surface area contributed by atoms with Gasteiger partial charge in [0, 0.05) is 6.42 Å². The minimum atomic E-state index is -1.99. The highest BCUT2D eigenvalue weighted by atomic mass is 16.8. The molecule has 3 fully saturated rings. The quantitative estimate of drug-likeness (QED) is 0.0199. The lowest BCUT2D eigenvalue weighted by Crippen LogP contribution is -2.66. The van der Waals surface area contributed by atoms with Crippen LogP contribution in [0.25, 0.3) is 0 Å². The minimum Gasteiger partial charge on any atom is -0.394 e. The average Bonchev–Trinajstić information content (AvgIpc) is 0.787. The first-order valence-electron chi connectivity index (χ1n) is 36.1. The third-order valence-corrected chi connectivity index (χ3v) is 17.3. The smallest absolute Gasteiger partial charge is 0.220 e. The number of amides is 1. The van der Waals surface area contributed by atoms with Crippen molar-refractivity contribution in [1.29, 1.82) is 0 Å². The van der Waals surface area contributed by atoms with Gasteiger partial charge < -0.3 is 89.9 Å². The van der Waals surface area contributed by atoms with E-state index in [1.54, 1.807) is 6.08 Å². The summed E-state index contributed by atoms with van der Waals surface area (Å²) in [4.78, 5) is 13.4. The van der Waals surface area contributed by atoms with E-state index in [9.17, 15) is 61.0 Å². The molecule has 3 heterocycles. The number of unbranched alkanes of at least 4 members (excludes halogenated alkanes) is 22. The van der Waals surface area contributed by atoms with Gasteiger partial charge in [-0.2, -0.15) is 0 Å². The third kappa shape index (κ3) is 36.3. The monoisotopic (exact) mass is 1330 g/mol. The van der Waals surface area contributed by atoms with Gasteiger partial charge >= 0.3 is 0 Å². The van der Waals surface area contributed by atoms with E-state index in [0.29, 0.717) is 12.8 Å². The van der Waals surface area contributed by atoms with Crippen LogP contribution in [-0.4, -0.2) is 193 Å². The molecule has 19 nitrogen and oxygen atoms in total. The Morgan fingerprint density at radius 1 is 0.394 bits per heavy atom. The Labute approximate surface area is 564 Å². The van der Waals surface area contributed by atoms with E-state index in [2.05, 4.69) is 116 Å². The molecule has 3 aliphatic rings. The van der Waals surface area contributed by atoms with Crippen molar-refractivity contribution in [3.63, 3.8) is 0 Å². The average molecular weight is 1330 g/mol. The molecule has 0 aromatic heterocycles. The van der Waals surface area contributed by atoms with Gasteiger partial charge in [0.05, 0.1) is 38.6 Å². The Hall–Kier alpha value is -3.55. The van der Waals surface area contributed by atoms with Gasteiger partial charge in [-0.05, 0) is 96.3 Å². The summed E-state index contributed by atoms with van der Waals surface area (Å²) in [7, 11) is 0. The van der Waals surface area contributed by atoms with E-state index >= 15 is 0 Å². The van der Waals surface area contributed by atoms with E-state index in [1.807, 2.05) is 6.08 Å². The Morgan fingerprint density at radius 2 is 0.745 bits per heavy atom. The van der Waals surface area contributed by atoms with Crippen LogP contribution < -0.4 is 5.32 Å². The summed E-state index contributed by atoms with van der Waals surface area (Å²) in [5.41, 5.74) is 0. The fraction of sp³-hybridized carbons (Fsp3) is 0.747. The molecular weight excluding hydrogens is 1200 g/mol. The molecule has 1 amide bonds. The van der Waals surface area contributed by atoms with Crippen LogP contribution in [0.2, 0.25) is 0 Å². The maximum absolute atomic E-state index is 13.4. The highest BCUT2D eigenvalue weighted by Crippen LogP contribution is 2.33. The van der Waals surface area contributed by atoms with Crippen molar-refractivity contribution in [1.82, 2.24) is 5.32 Å². The Bertz CT molecular complexity index is 2130. The summed E-state index contributed by atoms with van der Waals surface area (Å²) in [6.45, 7) is 1.58. The van der Waals surface area contributed by atoms with E-state index in [4.69, 9.17) is 28.4 Å².